The van der Waals surface area contributed by atoms with E-state index in [0.29, 0.717) is 5.54 Å². The predicted molar refractivity (Wildman–Crippen MR) is 47.5 cm³/mol. The van der Waals surface area contributed by atoms with E-state index < -0.39 is 0 Å². The molecule has 2 rings (SSSR count). The molecule has 0 bridgehead atoms. The molecule has 1 saturated carbocycles. The maximum absolute atomic E-state index is 3.70. The van der Waals surface area contributed by atoms with Gasteiger partial charge in [-0.3, -0.25) is 0 Å². The summed E-state index contributed by atoms with van der Waals surface area (Å²) in [4.78, 5) is 0. The first-order chi connectivity index (χ1) is 5.17. The number of fused-ring (bicyclic) bond motifs is 1. The third kappa shape index (κ3) is 0.936. The van der Waals surface area contributed by atoms with Gasteiger partial charge in [-0.15, -0.1) is 0 Å². The molecule has 0 amide bonds. The van der Waals surface area contributed by atoms with E-state index in [1.54, 1.807) is 0 Å². The van der Waals surface area contributed by atoms with Crippen LogP contribution in [0.3, 0.4) is 0 Å². The summed E-state index contributed by atoms with van der Waals surface area (Å²) in [6.45, 7) is 8.36. The van der Waals surface area contributed by atoms with Gasteiger partial charge in [-0.1, -0.05) is 20.8 Å². The zero-order valence-corrected chi connectivity index (χ0v) is 7.85. The molecule has 2 aliphatic rings. The summed E-state index contributed by atoms with van der Waals surface area (Å²) < 4.78 is 0. The number of nitrogens with one attached hydrogen (secondary N) is 1. The van der Waals surface area contributed by atoms with Crippen LogP contribution in [0.5, 0.6) is 0 Å². The lowest BCUT2D eigenvalue weighted by Gasteiger charge is -2.30. The lowest BCUT2D eigenvalue weighted by atomic mass is 9.88. The van der Waals surface area contributed by atoms with E-state index in [1.165, 1.54) is 19.4 Å². The Morgan fingerprint density at radius 1 is 1.45 bits per heavy atom. The molecule has 2 fully saturated rings. The van der Waals surface area contributed by atoms with Crippen LogP contribution in [-0.2, 0) is 0 Å². The van der Waals surface area contributed by atoms with Gasteiger partial charge in [-0.05, 0) is 37.1 Å². The lowest BCUT2D eigenvalue weighted by molar-refractivity contribution is 0.255. The van der Waals surface area contributed by atoms with Crippen LogP contribution in [0.4, 0.5) is 0 Å². The summed E-state index contributed by atoms with van der Waals surface area (Å²) in [6, 6.07) is 0. The van der Waals surface area contributed by atoms with Crippen molar-refractivity contribution < 1.29 is 0 Å². The van der Waals surface area contributed by atoms with Gasteiger partial charge in [0.2, 0.25) is 0 Å². The molecule has 1 heterocycles. The summed E-state index contributed by atoms with van der Waals surface area (Å²) in [5.74, 6) is 2.80. The maximum atomic E-state index is 3.70. The van der Waals surface area contributed by atoms with E-state index in [4.69, 9.17) is 0 Å². The Morgan fingerprint density at radius 3 is 2.73 bits per heavy atom. The normalized spacial score (nSPS) is 49.1. The van der Waals surface area contributed by atoms with Crippen LogP contribution in [0.15, 0.2) is 0 Å². The van der Waals surface area contributed by atoms with Gasteiger partial charge in [0, 0.05) is 5.54 Å². The number of rotatable bonds is 1. The fourth-order valence-corrected chi connectivity index (χ4v) is 2.82. The van der Waals surface area contributed by atoms with Crippen LogP contribution < -0.4 is 5.32 Å². The second-order valence-electron chi connectivity index (χ2n) is 4.70. The molecule has 1 aliphatic heterocycles. The average molecular weight is 153 g/mol. The summed E-state index contributed by atoms with van der Waals surface area (Å²) in [5, 5.41) is 3.70. The van der Waals surface area contributed by atoms with E-state index >= 15 is 0 Å². The van der Waals surface area contributed by atoms with Crippen LogP contribution in [0.25, 0.3) is 0 Å². The van der Waals surface area contributed by atoms with E-state index in [0.717, 1.165) is 17.8 Å². The van der Waals surface area contributed by atoms with Gasteiger partial charge in [-0.2, -0.15) is 0 Å². The van der Waals surface area contributed by atoms with Gasteiger partial charge >= 0.3 is 0 Å². The Hall–Kier alpha value is -0.0400. The van der Waals surface area contributed by atoms with Crippen molar-refractivity contribution in [2.24, 2.45) is 17.8 Å². The molecule has 11 heavy (non-hydrogen) atoms. The van der Waals surface area contributed by atoms with Crippen molar-refractivity contribution in [1.29, 1.82) is 0 Å². The lowest BCUT2D eigenvalue weighted by Crippen LogP contribution is -2.44. The van der Waals surface area contributed by atoms with E-state index in [9.17, 15) is 0 Å². The molecule has 1 aliphatic carbocycles. The van der Waals surface area contributed by atoms with Gasteiger partial charge in [0.25, 0.3) is 0 Å². The van der Waals surface area contributed by atoms with Gasteiger partial charge in [0.05, 0.1) is 0 Å². The second-order valence-corrected chi connectivity index (χ2v) is 4.70. The molecular weight excluding hydrogens is 134 g/mol. The van der Waals surface area contributed by atoms with Crippen LogP contribution in [0.2, 0.25) is 0 Å². The number of piperidine rings is 1. The highest BCUT2D eigenvalue weighted by Gasteiger charge is 2.59. The molecule has 1 saturated heterocycles. The molecule has 0 radical (unpaired) electrons. The maximum Gasteiger partial charge on any atom is 0.0239 e. The van der Waals surface area contributed by atoms with E-state index in [2.05, 4.69) is 26.1 Å². The second kappa shape index (κ2) is 2.22. The Balaban J connectivity index is 2.09. The predicted octanol–water partition coefficient (Wildman–Crippen LogP) is 2.03. The summed E-state index contributed by atoms with van der Waals surface area (Å²) in [6.07, 6.45) is 2.82. The number of hydrogen-bond acceptors (Lipinski definition) is 1. The third-order valence-electron chi connectivity index (χ3n) is 3.83. The van der Waals surface area contributed by atoms with Gasteiger partial charge < -0.3 is 5.32 Å². The van der Waals surface area contributed by atoms with Gasteiger partial charge in [0.15, 0.2) is 0 Å². The van der Waals surface area contributed by atoms with Crippen molar-refractivity contribution in [2.75, 3.05) is 6.54 Å². The largest absolute Gasteiger partial charge is 0.311 e. The zero-order chi connectivity index (χ0) is 8.06. The topological polar surface area (TPSA) is 12.0 Å². The SMILES string of the molecule is CC1CCNC2(C(C)C)CC12. The van der Waals surface area contributed by atoms with Crippen LogP contribution in [-0.4, -0.2) is 12.1 Å². The fourth-order valence-electron chi connectivity index (χ4n) is 2.82. The van der Waals surface area contributed by atoms with Crippen molar-refractivity contribution in [2.45, 2.75) is 39.2 Å². The molecule has 0 aromatic heterocycles. The monoisotopic (exact) mass is 153 g/mol. The number of hydrogen-bond donors (Lipinski definition) is 1. The first-order valence-electron chi connectivity index (χ1n) is 4.92. The van der Waals surface area contributed by atoms with E-state index in [1.807, 2.05) is 0 Å². The average Bonchev–Trinajstić information content (AvgIpc) is 2.64. The summed E-state index contributed by atoms with van der Waals surface area (Å²) in [7, 11) is 0. The quantitative estimate of drug-likeness (QED) is 0.608. The highest BCUT2D eigenvalue weighted by Crippen LogP contribution is 2.55. The van der Waals surface area contributed by atoms with Gasteiger partial charge in [0.1, 0.15) is 0 Å². The zero-order valence-electron chi connectivity index (χ0n) is 7.85. The molecule has 0 aromatic rings. The Labute approximate surface area is 69.6 Å². The minimum absolute atomic E-state index is 0.567. The Morgan fingerprint density at radius 2 is 2.18 bits per heavy atom. The molecule has 3 unspecified atom stereocenters. The molecule has 0 spiro atoms. The van der Waals surface area contributed by atoms with Crippen LogP contribution in [0.1, 0.15) is 33.6 Å². The van der Waals surface area contributed by atoms with Crippen LogP contribution >= 0.6 is 0 Å². The van der Waals surface area contributed by atoms with Crippen LogP contribution in [0, 0.1) is 17.8 Å². The summed E-state index contributed by atoms with van der Waals surface area (Å²) in [5.41, 5.74) is 0.567. The van der Waals surface area contributed by atoms with Crippen molar-refractivity contribution in [3.05, 3.63) is 0 Å². The smallest absolute Gasteiger partial charge is 0.0239 e. The molecule has 1 heteroatoms. The standard InChI is InChI=1S/C10H19N/c1-7(2)10-6-9(10)8(3)4-5-11-10/h7-9,11H,4-6H2,1-3H3. The fraction of sp³-hybridized carbons (Fsp3) is 1.00. The molecule has 0 aromatic carbocycles. The Kier molecular flexibility index (Phi) is 1.54. The first-order valence-corrected chi connectivity index (χ1v) is 4.92. The molecule has 64 valence electrons. The minimum atomic E-state index is 0.567. The van der Waals surface area contributed by atoms with Gasteiger partial charge in [-0.25, -0.2) is 0 Å². The molecule has 1 nitrogen and oxygen atoms in total. The Bertz CT molecular complexity index is 164. The highest BCUT2D eigenvalue weighted by atomic mass is 15.1. The summed E-state index contributed by atoms with van der Waals surface area (Å²) >= 11 is 0. The van der Waals surface area contributed by atoms with E-state index in [-0.39, 0.29) is 0 Å². The molecular formula is C10H19N. The first kappa shape index (κ1) is 7.60. The van der Waals surface area contributed by atoms with Crippen molar-refractivity contribution >= 4 is 0 Å². The van der Waals surface area contributed by atoms with Crippen molar-refractivity contribution in [1.82, 2.24) is 5.32 Å². The van der Waals surface area contributed by atoms with Crippen molar-refractivity contribution in [3.63, 3.8) is 0 Å². The minimum Gasteiger partial charge on any atom is -0.311 e. The molecule has 3 atom stereocenters. The third-order valence-corrected chi connectivity index (χ3v) is 3.83. The van der Waals surface area contributed by atoms with Crippen molar-refractivity contribution in [3.8, 4) is 0 Å². The molecule has 1 N–H and O–H groups in total. The highest BCUT2D eigenvalue weighted by molar-refractivity contribution is 5.15.